The number of nitrogens with zero attached hydrogens (tertiary/aromatic N) is 3. The normalized spacial score (nSPS) is 14.4. The molecule has 4 heteroatoms. The van der Waals surface area contributed by atoms with Gasteiger partial charge in [-0.25, -0.2) is 9.67 Å². The van der Waals surface area contributed by atoms with Gasteiger partial charge in [0.05, 0.1) is 0 Å². The summed E-state index contributed by atoms with van der Waals surface area (Å²) in [5.41, 5.74) is 0.157. The van der Waals surface area contributed by atoms with Gasteiger partial charge in [0.25, 0.3) is 0 Å². The van der Waals surface area contributed by atoms with Gasteiger partial charge in [0.1, 0.15) is 0 Å². The molecule has 0 N–H and O–H groups in total. The van der Waals surface area contributed by atoms with E-state index in [-0.39, 0.29) is 5.41 Å². The minimum absolute atomic E-state index is 0.157. The van der Waals surface area contributed by atoms with Crippen molar-refractivity contribution in [1.29, 1.82) is 0 Å². The average molecular weight is 391 g/mol. The Morgan fingerprint density at radius 3 is 2.05 bits per heavy atom. The highest BCUT2D eigenvalue weighted by atomic mass is 127. The van der Waals surface area contributed by atoms with Crippen LogP contribution in [0.3, 0.4) is 0 Å². The van der Waals surface area contributed by atoms with E-state index in [1.165, 1.54) is 57.8 Å². The summed E-state index contributed by atoms with van der Waals surface area (Å²) in [5, 5.41) is 4.66. The van der Waals surface area contributed by atoms with E-state index in [0.29, 0.717) is 0 Å². The Labute approximate surface area is 138 Å². The molecule has 0 aliphatic rings. The van der Waals surface area contributed by atoms with E-state index >= 15 is 0 Å². The zero-order valence-corrected chi connectivity index (χ0v) is 15.7. The molecule has 0 spiro atoms. The first-order chi connectivity index (χ1) is 9.53. The van der Waals surface area contributed by atoms with Gasteiger partial charge in [-0.05, 0) is 12.8 Å². The van der Waals surface area contributed by atoms with Crippen molar-refractivity contribution in [2.24, 2.45) is 7.05 Å². The van der Waals surface area contributed by atoms with Crippen LogP contribution < -0.4 is 0 Å². The second-order valence-corrected chi connectivity index (χ2v) is 7.12. The molecule has 1 atom stereocenters. The first-order valence-electron chi connectivity index (χ1n) is 8.10. The first kappa shape index (κ1) is 17.9. The van der Waals surface area contributed by atoms with Gasteiger partial charge in [0.2, 0.25) is 0 Å². The fraction of sp³-hybridized carbons (Fsp3) is 0.875. The Hall–Kier alpha value is -0.130. The molecule has 0 saturated heterocycles. The molecule has 20 heavy (non-hydrogen) atoms. The maximum absolute atomic E-state index is 4.70. The van der Waals surface area contributed by atoms with Crippen molar-refractivity contribution >= 4 is 22.6 Å². The molecule has 0 aromatic carbocycles. The Morgan fingerprint density at radius 2 is 1.55 bits per heavy atom. The molecule has 0 radical (unpaired) electrons. The van der Waals surface area contributed by atoms with Crippen molar-refractivity contribution in [2.75, 3.05) is 0 Å². The molecule has 1 heterocycles. The molecule has 1 rings (SSSR count). The van der Waals surface area contributed by atoms with E-state index < -0.39 is 0 Å². The number of aromatic nitrogens is 3. The van der Waals surface area contributed by atoms with E-state index in [0.717, 1.165) is 9.66 Å². The molecule has 0 fully saturated rings. The molecular formula is C16H30IN3. The maximum Gasteiger partial charge on any atom is 0.189 e. The summed E-state index contributed by atoms with van der Waals surface area (Å²) in [5.74, 6) is 1.05. The highest BCUT2D eigenvalue weighted by molar-refractivity contribution is 14.1. The van der Waals surface area contributed by atoms with Crippen molar-refractivity contribution in [2.45, 2.75) is 84.0 Å². The molecule has 1 unspecified atom stereocenters. The second kappa shape index (κ2) is 9.00. The van der Waals surface area contributed by atoms with Crippen molar-refractivity contribution in [3.63, 3.8) is 0 Å². The lowest BCUT2D eigenvalue weighted by molar-refractivity contribution is 0.346. The van der Waals surface area contributed by atoms with Gasteiger partial charge in [0, 0.05) is 35.1 Å². The SMILES string of the molecule is CCCCCCC(C)(CCCCC)c1nc(I)n(C)n1. The maximum atomic E-state index is 4.70. The molecule has 3 nitrogen and oxygen atoms in total. The summed E-state index contributed by atoms with van der Waals surface area (Å²) < 4.78 is 2.90. The summed E-state index contributed by atoms with van der Waals surface area (Å²) in [7, 11) is 1.99. The lowest BCUT2D eigenvalue weighted by Gasteiger charge is -2.26. The Morgan fingerprint density at radius 1 is 1.00 bits per heavy atom. The largest absolute Gasteiger partial charge is 0.244 e. The molecule has 1 aromatic rings. The number of unbranched alkanes of at least 4 members (excludes halogenated alkanes) is 5. The van der Waals surface area contributed by atoms with Gasteiger partial charge in [-0.1, -0.05) is 65.7 Å². The van der Waals surface area contributed by atoms with E-state index in [1.807, 2.05) is 11.7 Å². The summed E-state index contributed by atoms with van der Waals surface area (Å²) in [6.07, 6.45) is 11.6. The summed E-state index contributed by atoms with van der Waals surface area (Å²) >= 11 is 2.27. The minimum Gasteiger partial charge on any atom is -0.244 e. The minimum atomic E-state index is 0.157. The van der Waals surface area contributed by atoms with Crippen LogP contribution in [0.15, 0.2) is 0 Å². The van der Waals surface area contributed by atoms with Crippen LogP contribution in [0.1, 0.15) is 84.4 Å². The molecule has 116 valence electrons. The molecular weight excluding hydrogens is 361 g/mol. The molecule has 0 aliphatic carbocycles. The third-order valence-electron chi connectivity index (χ3n) is 4.16. The quantitative estimate of drug-likeness (QED) is 0.404. The molecule has 0 bridgehead atoms. The van der Waals surface area contributed by atoms with Crippen molar-refractivity contribution < 1.29 is 0 Å². The topological polar surface area (TPSA) is 30.7 Å². The third-order valence-corrected chi connectivity index (χ3v) is 5.10. The highest BCUT2D eigenvalue weighted by Crippen LogP contribution is 2.33. The van der Waals surface area contributed by atoms with E-state index in [9.17, 15) is 0 Å². The van der Waals surface area contributed by atoms with E-state index in [2.05, 4.69) is 48.5 Å². The van der Waals surface area contributed by atoms with Crippen molar-refractivity contribution in [3.05, 3.63) is 9.66 Å². The molecule has 0 aliphatic heterocycles. The Balaban J connectivity index is 2.71. The molecule has 0 amide bonds. The van der Waals surface area contributed by atoms with Crippen LogP contribution >= 0.6 is 22.6 Å². The van der Waals surface area contributed by atoms with Crippen LogP contribution in [0.2, 0.25) is 0 Å². The Bertz CT molecular complexity index is 370. The summed E-state index contributed by atoms with van der Waals surface area (Å²) in [6, 6.07) is 0. The van der Waals surface area contributed by atoms with E-state index in [4.69, 9.17) is 4.98 Å². The fourth-order valence-corrected chi connectivity index (χ4v) is 3.01. The van der Waals surface area contributed by atoms with Crippen LogP contribution in [-0.4, -0.2) is 14.8 Å². The average Bonchev–Trinajstić information content (AvgIpc) is 2.76. The van der Waals surface area contributed by atoms with Gasteiger partial charge in [-0.15, -0.1) is 0 Å². The zero-order chi connectivity index (χ0) is 15.0. The zero-order valence-electron chi connectivity index (χ0n) is 13.6. The van der Waals surface area contributed by atoms with Crippen LogP contribution in [0.4, 0.5) is 0 Å². The smallest absolute Gasteiger partial charge is 0.189 e. The van der Waals surface area contributed by atoms with Crippen LogP contribution in [0.25, 0.3) is 0 Å². The van der Waals surface area contributed by atoms with E-state index in [1.54, 1.807) is 0 Å². The second-order valence-electron chi connectivity index (χ2n) is 6.16. The van der Waals surface area contributed by atoms with Gasteiger partial charge in [-0.2, -0.15) is 5.10 Å². The monoisotopic (exact) mass is 391 g/mol. The highest BCUT2D eigenvalue weighted by Gasteiger charge is 2.30. The standard InChI is InChI=1S/C16H30IN3/c1-5-7-9-11-13-16(3,12-10-8-6-2)14-18-15(17)20(4)19-14/h5-13H2,1-4H3. The predicted molar refractivity (Wildman–Crippen MR) is 94.0 cm³/mol. The van der Waals surface area contributed by atoms with Gasteiger partial charge in [0.15, 0.2) is 9.66 Å². The Kier molecular flexibility index (Phi) is 8.07. The van der Waals surface area contributed by atoms with Crippen LogP contribution in [-0.2, 0) is 12.5 Å². The lowest BCUT2D eigenvalue weighted by atomic mass is 9.79. The number of hydrogen-bond acceptors (Lipinski definition) is 2. The third kappa shape index (κ3) is 5.34. The van der Waals surface area contributed by atoms with Gasteiger partial charge < -0.3 is 0 Å². The number of halogens is 1. The van der Waals surface area contributed by atoms with Gasteiger partial charge in [-0.3, -0.25) is 0 Å². The predicted octanol–water partition coefficient (Wildman–Crippen LogP) is 5.23. The fourth-order valence-electron chi connectivity index (χ4n) is 2.68. The van der Waals surface area contributed by atoms with Crippen LogP contribution in [0, 0.1) is 3.83 Å². The first-order valence-corrected chi connectivity index (χ1v) is 9.18. The van der Waals surface area contributed by atoms with Crippen LogP contribution in [0.5, 0.6) is 0 Å². The summed E-state index contributed by atoms with van der Waals surface area (Å²) in [4.78, 5) is 4.70. The molecule has 0 saturated carbocycles. The number of hydrogen-bond donors (Lipinski definition) is 0. The lowest BCUT2D eigenvalue weighted by Crippen LogP contribution is -2.24. The summed E-state index contributed by atoms with van der Waals surface area (Å²) in [6.45, 7) is 6.89. The number of aryl methyl sites for hydroxylation is 1. The number of rotatable bonds is 10. The van der Waals surface area contributed by atoms with Crippen molar-refractivity contribution in [3.8, 4) is 0 Å². The van der Waals surface area contributed by atoms with Gasteiger partial charge >= 0.3 is 0 Å². The van der Waals surface area contributed by atoms with Crippen molar-refractivity contribution in [1.82, 2.24) is 14.8 Å². The molecule has 1 aromatic heterocycles.